The highest BCUT2D eigenvalue weighted by molar-refractivity contribution is 7.11. The van der Waals surface area contributed by atoms with Crippen LogP contribution in [0, 0.1) is 6.92 Å². The molecule has 4 rings (SSSR count). The van der Waals surface area contributed by atoms with E-state index in [9.17, 15) is 14.7 Å². The van der Waals surface area contributed by atoms with Gasteiger partial charge in [-0.25, -0.2) is 14.6 Å². The van der Waals surface area contributed by atoms with Crippen molar-refractivity contribution in [3.63, 3.8) is 0 Å². The number of imide groups is 1. The number of carbonyl (C=O) groups excluding carboxylic acids is 1. The Bertz CT molecular complexity index is 1320. The van der Waals surface area contributed by atoms with Crippen LogP contribution >= 0.6 is 11.3 Å². The summed E-state index contributed by atoms with van der Waals surface area (Å²) in [6.07, 6.45) is 0.226. The number of anilines is 1. The number of urea groups is 1. The number of carbonyl (C=O) groups is 2. The molecule has 0 fully saturated rings. The molecule has 0 bridgehead atoms. The summed E-state index contributed by atoms with van der Waals surface area (Å²) in [5.74, 6) is 0. The maximum Gasteiger partial charge on any atom is 0.420 e. The van der Waals surface area contributed by atoms with E-state index >= 15 is 0 Å². The molecule has 7 nitrogen and oxygen atoms in total. The second-order valence-corrected chi connectivity index (χ2v) is 7.80. The quantitative estimate of drug-likeness (QED) is 0.412. The van der Waals surface area contributed by atoms with Gasteiger partial charge in [0.05, 0.1) is 28.8 Å². The number of thiophene rings is 1. The summed E-state index contributed by atoms with van der Waals surface area (Å²) in [5.41, 5.74) is 9.02. The second-order valence-electron chi connectivity index (χ2n) is 6.71. The van der Waals surface area contributed by atoms with E-state index in [4.69, 9.17) is 5.73 Å². The Morgan fingerprint density at radius 2 is 1.81 bits per heavy atom. The van der Waals surface area contributed by atoms with Crippen molar-refractivity contribution in [2.24, 2.45) is 10.7 Å². The van der Waals surface area contributed by atoms with E-state index in [1.54, 1.807) is 18.5 Å². The summed E-state index contributed by atoms with van der Waals surface area (Å²) in [6.45, 7) is 1.74. The fourth-order valence-electron chi connectivity index (χ4n) is 3.32. The van der Waals surface area contributed by atoms with Crippen molar-refractivity contribution in [1.82, 2.24) is 4.98 Å². The van der Waals surface area contributed by atoms with Crippen LogP contribution in [0.5, 0.6) is 0 Å². The van der Waals surface area contributed by atoms with Crippen LogP contribution in [0.2, 0.25) is 0 Å². The third-order valence-electron chi connectivity index (χ3n) is 4.73. The summed E-state index contributed by atoms with van der Waals surface area (Å²) in [4.78, 5) is 33.9. The minimum absolute atomic E-state index is 0.247. The highest BCUT2D eigenvalue weighted by Gasteiger charge is 2.27. The number of pyridine rings is 1. The molecule has 0 aliphatic rings. The Morgan fingerprint density at radius 1 is 1.06 bits per heavy atom. The predicted molar refractivity (Wildman–Crippen MR) is 124 cm³/mol. The fraction of sp³-hybridized carbons (Fsp3) is 0.0435. The molecule has 0 saturated heterocycles. The first-order valence-electron chi connectivity index (χ1n) is 9.35. The number of para-hydroxylation sites is 2. The molecule has 8 heteroatoms. The van der Waals surface area contributed by atoms with E-state index < -0.39 is 12.1 Å². The van der Waals surface area contributed by atoms with Gasteiger partial charge in [0.2, 0.25) is 0 Å². The van der Waals surface area contributed by atoms with Crippen molar-refractivity contribution in [3.05, 3.63) is 76.6 Å². The van der Waals surface area contributed by atoms with Crippen LogP contribution in [0.4, 0.5) is 21.0 Å². The molecule has 0 aliphatic carbocycles. The first-order chi connectivity index (χ1) is 15.0. The van der Waals surface area contributed by atoms with Gasteiger partial charge in [-0.1, -0.05) is 42.5 Å². The number of nitrogens with zero attached hydrogens (tertiary/aromatic N) is 3. The van der Waals surface area contributed by atoms with Crippen LogP contribution in [-0.4, -0.2) is 28.4 Å². The lowest BCUT2D eigenvalue weighted by molar-refractivity contribution is 0.200. The monoisotopic (exact) mass is 430 g/mol. The predicted octanol–water partition coefficient (Wildman–Crippen LogP) is 5.59. The molecule has 0 radical (unpaired) electrons. The van der Waals surface area contributed by atoms with Crippen LogP contribution < -0.4 is 10.6 Å². The molecule has 0 aliphatic heterocycles. The maximum atomic E-state index is 11.8. The third-order valence-corrected chi connectivity index (χ3v) is 5.63. The van der Waals surface area contributed by atoms with Crippen molar-refractivity contribution in [2.45, 2.75) is 6.92 Å². The van der Waals surface area contributed by atoms with Crippen LogP contribution in [0.15, 0.2) is 71.0 Å². The van der Waals surface area contributed by atoms with Gasteiger partial charge >= 0.3 is 12.1 Å². The number of nitrogens with two attached hydrogens (primary N) is 1. The first kappa shape index (κ1) is 20.2. The van der Waals surface area contributed by atoms with Crippen LogP contribution in [-0.2, 0) is 0 Å². The van der Waals surface area contributed by atoms with Crippen molar-refractivity contribution >= 4 is 52.0 Å². The molecule has 2 heterocycles. The van der Waals surface area contributed by atoms with E-state index in [1.807, 2.05) is 60.7 Å². The highest BCUT2D eigenvalue weighted by Crippen LogP contribution is 2.42. The number of aliphatic imine (C=N–C) groups is 1. The van der Waals surface area contributed by atoms with Crippen molar-refractivity contribution < 1.29 is 14.7 Å². The molecular formula is C23H18N4O3S. The van der Waals surface area contributed by atoms with Gasteiger partial charge in [-0.15, -0.1) is 11.3 Å². The van der Waals surface area contributed by atoms with E-state index in [1.165, 1.54) is 11.3 Å². The van der Waals surface area contributed by atoms with Gasteiger partial charge in [-0.2, -0.15) is 4.90 Å². The largest absolute Gasteiger partial charge is 0.464 e. The fourth-order valence-corrected chi connectivity index (χ4v) is 4.17. The van der Waals surface area contributed by atoms with Crippen molar-refractivity contribution in [2.75, 3.05) is 4.90 Å². The summed E-state index contributed by atoms with van der Waals surface area (Å²) in [6, 6.07) is 17.9. The van der Waals surface area contributed by atoms with Crippen LogP contribution in [0.3, 0.4) is 0 Å². The Balaban J connectivity index is 1.77. The smallest absolute Gasteiger partial charge is 0.420 e. The number of aryl methyl sites for hydroxylation is 1. The van der Waals surface area contributed by atoms with Crippen LogP contribution in [0.1, 0.15) is 10.6 Å². The maximum absolute atomic E-state index is 11.8. The zero-order valence-electron chi connectivity index (χ0n) is 16.5. The van der Waals surface area contributed by atoms with Crippen molar-refractivity contribution in [3.8, 4) is 11.1 Å². The average Bonchev–Trinajstić information content (AvgIpc) is 3.12. The molecule has 2 aromatic carbocycles. The van der Waals surface area contributed by atoms with Gasteiger partial charge in [0.1, 0.15) is 0 Å². The second kappa shape index (κ2) is 8.37. The van der Waals surface area contributed by atoms with Crippen molar-refractivity contribution in [1.29, 1.82) is 0 Å². The topological polar surface area (TPSA) is 109 Å². The van der Waals surface area contributed by atoms with Gasteiger partial charge in [-0.3, -0.25) is 4.99 Å². The molecule has 0 unspecified atom stereocenters. The van der Waals surface area contributed by atoms with Gasteiger partial charge in [0.15, 0.2) is 0 Å². The van der Waals surface area contributed by atoms with Gasteiger partial charge in [0, 0.05) is 26.8 Å². The molecule has 0 spiro atoms. The molecule has 2 aromatic heterocycles. The number of primary amides is 1. The number of hydrogen-bond donors (Lipinski definition) is 2. The minimum atomic E-state index is -1.43. The molecule has 3 amide bonds. The Hall–Kier alpha value is -4.04. The summed E-state index contributed by atoms with van der Waals surface area (Å²) in [5, 5.41) is 12.3. The summed E-state index contributed by atoms with van der Waals surface area (Å²) < 4.78 is 0. The average molecular weight is 430 g/mol. The third kappa shape index (κ3) is 4.01. The number of aromatic nitrogens is 1. The highest BCUT2D eigenvalue weighted by atomic mass is 32.1. The number of rotatable bonds is 4. The molecule has 154 valence electrons. The molecule has 0 atom stereocenters. The zero-order chi connectivity index (χ0) is 22.0. The lowest BCUT2D eigenvalue weighted by Crippen LogP contribution is -2.40. The van der Waals surface area contributed by atoms with E-state index in [0.717, 1.165) is 10.9 Å². The van der Waals surface area contributed by atoms with Gasteiger partial charge in [-0.05, 0) is 25.1 Å². The molecule has 0 saturated carbocycles. The molecular weight excluding hydrogens is 412 g/mol. The first-order valence-corrected chi connectivity index (χ1v) is 10.2. The number of carboxylic acid groups (broad SMARTS) is 1. The molecule has 31 heavy (non-hydrogen) atoms. The molecule has 3 N–H and O–H groups in total. The van der Waals surface area contributed by atoms with Crippen LogP contribution in [0.25, 0.3) is 22.0 Å². The minimum Gasteiger partial charge on any atom is -0.464 e. The Kier molecular flexibility index (Phi) is 5.46. The summed E-state index contributed by atoms with van der Waals surface area (Å²) in [7, 11) is 0. The number of benzene rings is 2. The van der Waals surface area contributed by atoms with E-state index in [-0.39, 0.29) is 5.69 Å². The van der Waals surface area contributed by atoms with E-state index in [0.29, 0.717) is 32.3 Å². The standard InChI is InChI=1S/C23H18N4O3S/c1-14-21(27(22(24)28)23(29)30)18(13-31-14)17-7-3-5-9-20(17)25-12-16-11-10-15-6-2-4-8-19(15)26-16/h2-13H,1H3,(H2,24,28)(H,29,30). The zero-order valence-corrected chi connectivity index (χ0v) is 17.3. The molecule has 4 aromatic rings. The van der Waals surface area contributed by atoms with E-state index in [2.05, 4.69) is 9.98 Å². The number of fused-ring (bicyclic) bond motifs is 1. The Morgan fingerprint density at radius 3 is 2.58 bits per heavy atom. The normalized spacial score (nSPS) is 11.1. The Labute approximate surface area is 182 Å². The summed E-state index contributed by atoms with van der Waals surface area (Å²) >= 11 is 1.34. The SMILES string of the molecule is Cc1scc(-c2ccccc2N=Cc2ccc3ccccc3n2)c1N(C(N)=O)C(=O)O. The number of amides is 3. The lowest BCUT2D eigenvalue weighted by Gasteiger charge is -2.17. The number of hydrogen-bond acceptors (Lipinski definition) is 5. The lowest BCUT2D eigenvalue weighted by atomic mass is 10.0. The van der Waals surface area contributed by atoms with Gasteiger partial charge in [0.25, 0.3) is 0 Å². The van der Waals surface area contributed by atoms with Gasteiger partial charge < -0.3 is 10.8 Å².